The molecule has 0 atom stereocenters. The van der Waals surface area contributed by atoms with Gasteiger partial charge >= 0.3 is 0 Å². The summed E-state index contributed by atoms with van der Waals surface area (Å²) in [5.74, 6) is -0.282. The quantitative estimate of drug-likeness (QED) is 0.251. The Morgan fingerprint density at radius 2 is 1.76 bits per heavy atom. The number of fused-ring (bicyclic) bond motifs is 1. The number of aromatic nitrogens is 2. The summed E-state index contributed by atoms with van der Waals surface area (Å²) in [6, 6.07) is 13.8. The lowest BCUT2D eigenvalue weighted by atomic mass is 10.1. The number of nitrogens with zero attached hydrogens (tertiary/aromatic N) is 4. The Bertz CT molecular complexity index is 1540. The van der Waals surface area contributed by atoms with Crippen molar-refractivity contribution in [1.29, 1.82) is 0 Å². The highest BCUT2D eigenvalue weighted by molar-refractivity contribution is 7.89. The third-order valence-corrected chi connectivity index (χ3v) is 8.83. The smallest absolute Gasteiger partial charge is 0.260 e. The van der Waals surface area contributed by atoms with E-state index in [1.54, 1.807) is 17.3 Å². The maximum Gasteiger partial charge on any atom is 0.260 e. The van der Waals surface area contributed by atoms with Crippen LogP contribution in [-0.2, 0) is 16.6 Å². The number of amides is 1. The molecule has 0 radical (unpaired) electrons. The fourth-order valence-corrected chi connectivity index (χ4v) is 6.41. The van der Waals surface area contributed by atoms with E-state index in [4.69, 9.17) is 4.98 Å². The van der Waals surface area contributed by atoms with Crippen LogP contribution in [0.1, 0.15) is 27.0 Å². The molecule has 2 heterocycles. The molecule has 0 aliphatic carbocycles. The number of hydrogen-bond acceptors (Lipinski definition) is 6. The number of rotatable bonds is 10. The average Bonchev–Trinajstić information content (AvgIpc) is 3.31. The maximum absolute atomic E-state index is 13.8. The molecular weight excluding hydrogens is 504 g/mol. The summed E-state index contributed by atoms with van der Waals surface area (Å²) in [6.45, 7) is 11.9. The first kappa shape index (κ1) is 26.4. The lowest BCUT2D eigenvalue weighted by Crippen LogP contribution is -2.32. The second-order valence-corrected chi connectivity index (χ2v) is 11.5. The van der Waals surface area contributed by atoms with Gasteiger partial charge < -0.3 is 0 Å². The van der Waals surface area contributed by atoms with Gasteiger partial charge in [0.1, 0.15) is 0 Å². The number of benzene rings is 2. The van der Waals surface area contributed by atoms with Gasteiger partial charge in [-0.05, 0) is 66.9 Å². The van der Waals surface area contributed by atoms with Crippen molar-refractivity contribution < 1.29 is 13.2 Å². The van der Waals surface area contributed by atoms with Gasteiger partial charge in [0.2, 0.25) is 10.0 Å². The molecule has 2 aromatic carbocycles. The summed E-state index contributed by atoms with van der Waals surface area (Å²) >= 11 is 1.46. The van der Waals surface area contributed by atoms with Gasteiger partial charge in [0.15, 0.2) is 5.13 Å². The van der Waals surface area contributed by atoms with Gasteiger partial charge in [-0.25, -0.2) is 13.4 Å². The van der Waals surface area contributed by atoms with Crippen LogP contribution in [0.2, 0.25) is 0 Å². The zero-order valence-electron chi connectivity index (χ0n) is 20.8. The molecule has 7 nitrogen and oxygen atoms in total. The fourth-order valence-electron chi connectivity index (χ4n) is 4.01. The van der Waals surface area contributed by atoms with E-state index in [1.165, 1.54) is 52.1 Å². The van der Waals surface area contributed by atoms with Crippen molar-refractivity contribution in [3.63, 3.8) is 0 Å². The van der Waals surface area contributed by atoms with Gasteiger partial charge in [-0.3, -0.25) is 14.7 Å². The van der Waals surface area contributed by atoms with Crippen LogP contribution < -0.4 is 4.90 Å². The molecular formula is C28H28N4O3S2. The van der Waals surface area contributed by atoms with E-state index < -0.39 is 10.0 Å². The second-order valence-electron chi connectivity index (χ2n) is 8.60. The second kappa shape index (κ2) is 11.2. The van der Waals surface area contributed by atoms with E-state index >= 15 is 0 Å². The van der Waals surface area contributed by atoms with Crippen LogP contribution in [-0.4, -0.2) is 41.7 Å². The van der Waals surface area contributed by atoms with Crippen molar-refractivity contribution in [3.8, 4) is 0 Å². The number of carbonyl (C=O) groups is 1. The maximum atomic E-state index is 13.8. The molecule has 0 saturated heterocycles. The van der Waals surface area contributed by atoms with E-state index in [-0.39, 0.29) is 30.4 Å². The monoisotopic (exact) mass is 532 g/mol. The summed E-state index contributed by atoms with van der Waals surface area (Å²) in [4.78, 5) is 24.4. The Balaban J connectivity index is 1.71. The summed E-state index contributed by atoms with van der Waals surface area (Å²) in [6.07, 6.45) is 6.44. The number of hydrogen-bond donors (Lipinski definition) is 0. The van der Waals surface area contributed by atoms with E-state index in [2.05, 4.69) is 24.2 Å². The highest BCUT2D eigenvalue weighted by Crippen LogP contribution is 2.33. The Labute approximate surface area is 221 Å². The molecule has 9 heteroatoms. The van der Waals surface area contributed by atoms with Gasteiger partial charge in [0.25, 0.3) is 5.91 Å². The highest BCUT2D eigenvalue weighted by atomic mass is 32.2. The SMILES string of the molecule is C=CCN(CC=C)S(=O)(=O)c1ccc(C(=O)N(Cc2cccnc2)c2nc3cc(C)cc(C)c3s2)cc1. The largest absolute Gasteiger partial charge is 0.279 e. The number of carbonyl (C=O) groups excluding carboxylic acids is 1. The predicted molar refractivity (Wildman–Crippen MR) is 149 cm³/mol. The third-order valence-electron chi connectivity index (χ3n) is 5.75. The number of anilines is 1. The molecule has 0 aliphatic rings. The molecule has 1 amide bonds. The van der Waals surface area contributed by atoms with E-state index in [9.17, 15) is 13.2 Å². The van der Waals surface area contributed by atoms with Crippen LogP contribution in [0, 0.1) is 13.8 Å². The first-order chi connectivity index (χ1) is 17.7. The van der Waals surface area contributed by atoms with Gasteiger partial charge in [0, 0.05) is 31.0 Å². The van der Waals surface area contributed by atoms with Gasteiger partial charge in [-0.2, -0.15) is 4.31 Å². The number of aryl methyl sites for hydroxylation is 2. The minimum atomic E-state index is -3.77. The summed E-state index contributed by atoms with van der Waals surface area (Å²) in [7, 11) is -3.77. The van der Waals surface area contributed by atoms with Crippen LogP contribution in [0.5, 0.6) is 0 Å². The molecule has 0 unspecified atom stereocenters. The van der Waals surface area contributed by atoms with E-state index in [1.807, 2.05) is 32.0 Å². The van der Waals surface area contributed by atoms with Crippen molar-refractivity contribution in [1.82, 2.24) is 14.3 Å². The molecule has 0 saturated carbocycles. The lowest BCUT2D eigenvalue weighted by molar-refractivity contribution is 0.0985. The topological polar surface area (TPSA) is 83.5 Å². The number of pyridine rings is 1. The molecule has 4 rings (SSSR count). The van der Waals surface area contributed by atoms with Crippen molar-refractivity contribution >= 4 is 42.6 Å². The molecule has 0 fully saturated rings. The van der Waals surface area contributed by atoms with Crippen molar-refractivity contribution in [2.24, 2.45) is 0 Å². The van der Waals surface area contributed by atoms with Crippen LogP contribution in [0.3, 0.4) is 0 Å². The van der Waals surface area contributed by atoms with Crippen molar-refractivity contribution in [3.05, 3.63) is 108 Å². The van der Waals surface area contributed by atoms with Crippen LogP contribution in [0.15, 0.2) is 91.1 Å². The Kier molecular flexibility index (Phi) is 7.97. The molecule has 2 aromatic heterocycles. The van der Waals surface area contributed by atoms with Gasteiger partial charge in [-0.15, -0.1) is 13.2 Å². The first-order valence-corrected chi connectivity index (χ1v) is 13.9. The predicted octanol–water partition coefficient (Wildman–Crippen LogP) is 5.52. The molecule has 190 valence electrons. The molecule has 0 N–H and O–H groups in total. The summed E-state index contributed by atoms with van der Waals surface area (Å²) in [5, 5.41) is 0.567. The van der Waals surface area contributed by atoms with E-state index in [0.29, 0.717) is 10.7 Å². The van der Waals surface area contributed by atoms with Gasteiger partial charge in [-0.1, -0.05) is 35.6 Å². The van der Waals surface area contributed by atoms with Crippen molar-refractivity contribution in [2.45, 2.75) is 25.3 Å². The van der Waals surface area contributed by atoms with Gasteiger partial charge in [0.05, 0.1) is 21.7 Å². The standard InChI is InChI=1S/C28H28N4O3S2/c1-5-14-31(15-6-2)37(34,35)24-11-9-23(10-12-24)27(33)32(19-22-8-7-13-29-18-22)28-30-25-17-20(3)16-21(4)26(25)36-28/h5-13,16-18H,1-2,14-15,19H2,3-4H3. The normalized spacial score (nSPS) is 11.5. The number of sulfonamides is 1. The lowest BCUT2D eigenvalue weighted by Gasteiger charge is -2.21. The van der Waals surface area contributed by atoms with Crippen molar-refractivity contribution in [2.75, 3.05) is 18.0 Å². The highest BCUT2D eigenvalue weighted by Gasteiger charge is 2.25. The Morgan fingerprint density at radius 3 is 2.38 bits per heavy atom. The molecule has 37 heavy (non-hydrogen) atoms. The molecule has 0 bridgehead atoms. The Morgan fingerprint density at radius 1 is 1.05 bits per heavy atom. The number of thiazole rings is 1. The third kappa shape index (κ3) is 5.69. The minimum absolute atomic E-state index is 0.0950. The van der Waals surface area contributed by atoms with Crippen LogP contribution in [0.25, 0.3) is 10.2 Å². The average molecular weight is 533 g/mol. The zero-order chi connectivity index (χ0) is 26.6. The molecule has 0 spiro atoms. The summed E-state index contributed by atoms with van der Waals surface area (Å²) in [5.41, 5.74) is 4.25. The zero-order valence-corrected chi connectivity index (χ0v) is 22.4. The van der Waals surface area contributed by atoms with E-state index in [0.717, 1.165) is 26.9 Å². The minimum Gasteiger partial charge on any atom is -0.279 e. The summed E-state index contributed by atoms with van der Waals surface area (Å²) < 4.78 is 28.4. The Hall–Kier alpha value is -3.66. The first-order valence-electron chi connectivity index (χ1n) is 11.6. The van der Waals surface area contributed by atoms with Crippen LogP contribution in [0.4, 0.5) is 5.13 Å². The molecule has 0 aliphatic heterocycles. The van der Waals surface area contributed by atoms with Crippen LogP contribution >= 0.6 is 11.3 Å². The fraction of sp³-hybridized carbons (Fsp3) is 0.179. The molecule has 4 aromatic rings.